The molecular formula is C35H4. The van der Waals surface area contributed by atoms with Gasteiger partial charge in [-0.3, -0.25) is 0 Å². The molecule has 0 radical (unpaired) electrons. The molecule has 0 heterocycles. The molecule has 35 heavy (non-hydrogen) atoms. The van der Waals surface area contributed by atoms with Gasteiger partial charge in [0.05, 0.1) is 0 Å². The molecule has 0 atom stereocenters. The van der Waals surface area contributed by atoms with E-state index in [-0.39, 0.29) is 0 Å². The molecule has 144 valence electrons. The van der Waals surface area contributed by atoms with Crippen LogP contribution >= 0.6 is 0 Å². The molecule has 0 amide bonds. The van der Waals surface area contributed by atoms with Crippen LogP contribution in [0.2, 0.25) is 0 Å². The van der Waals surface area contributed by atoms with Gasteiger partial charge in [0.25, 0.3) is 0 Å². The Morgan fingerprint density at radius 3 is 0.514 bits per heavy atom. The van der Waals surface area contributed by atoms with Crippen LogP contribution in [0.4, 0.5) is 0 Å². The van der Waals surface area contributed by atoms with Crippen molar-refractivity contribution in [3.63, 3.8) is 0 Å². The van der Waals surface area contributed by atoms with E-state index in [0.29, 0.717) is 0 Å². The summed E-state index contributed by atoms with van der Waals surface area (Å²) >= 11 is 0. The van der Waals surface area contributed by atoms with Crippen LogP contribution in [0.3, 0.4) is 0 Å². The van der Waals surface area contributed by atoms with Crippen LogP contribution in [-0.2, 0) is 0 Å². The average Bonchev–Trinajstić information content (AvgIpc) is 2.87. The van der Waals surface area contributed by atoms with Crippen molar-refractivity contribution >= 4 is 0 Å². The van der Waals surface area contributed by atoms with E-state index < -0.39 is 0 Å². The maximum atomic E-state index is 4.93. The van der Waals surface area contributed by atoms with E-state index in [0.717, 1.165) is 0 Å². The Labute approximate surface area is 208 Å². The third-order valence-corrected chi connectivity index (χ3v) is 2.07. The van der Waals surface area contributed by atoms with Crippen molar-refractivity contribution in [1.29, 1.82) is 0 Å². The first kappa shape index (κ1) is 27.5. The summed E-state index contributed by atoms with van der Waals surface area (Å²) in [5.74, 6) is 81.9. The Kier molecular flexibility index (Phi) is 20.9. The fraction of sp³-hybridized carbons (Fsp3) is 0.0286. The van der Waals surface area contributed by atoms with Crippen LogP contribution in [0.5, 0.6) is 0 Å². The first-order valence-electron chi connectivity index (χ1n) is 8.79. The van der Waals surface area contributed by atoms with Gasteiger partial charge in [0.15, 0.2) is 0 Å². The molecule has 0 saturated heterocycles. The van der Waals surface area contributed by atoms with Crippen molar-refractivity contribution in [1.82, 2.24) is 0 Å². The highest BCUT2D eigenvalue weighted by molar-refractivity contribution is 5.49. The summed E-state index contributed by atoms with van der Waals surface area (Å²) in [7, 11) is 0. The first-order valence-corrected chi connectivity index (χ1v) is 8.79. The molecule has 0 aliphatic rings. The fourth-order valence-corrected chi connectivity index (χ4v) is 1.00. The lowest BCUT2D eigenvalue weighted by molar-refractivity contribution is 1.92. The Hall–Kier alpha value is -7.48. The zero-order valence-corrected chi connectivity index (χ0v) is 18.1. The molecule has 0 aromatic carbocycles. The van der Waals surface area contributed by atoms with Gasteiger partial charge in [-0.25, -0.2) is 0 Å². The zero-order chi connectivity index (χ0) is 25.3. The average molecular weight is 424 g/mol. The quantitative estimate of drug-likeness (QED) is 0.503. The van der Waals surface area contributed by atoms with Gasteiger partial charge < -0.3 is 0 Å². The topological polar surface area (TPSA) is 0 Å². The van der Waals surface area contributed by atoms with E-state index >= 15 is 0 Å². The van der Waals surface area contributed by atoms with Gasteiger partial charge in [-0.05, 0) is 102 Å². The maximum absolute atomic E-state index is 4.93. The van der Waals surface area contributed by atoms with Crippen molar-refractivity contribution in [2.75, 3.05) is 0 Å². The number of terminal acetylenes is 1. The SMILES string of the molecule is C#CC#CC#CC#CC#CC#CC#CC#CC#CC#CC#CC#CC#CC#CC#CC#CC#CC. The van der Waals surface area contributed by atoms with Crippen molar-refractivity contribution in [2.24, 2.45) is 0 Å². The highest BCUT2D eigenvalue weighted by atomic mass is 13.6. The van der Waals surface area contributed by atoms with Crippen LogP contribution in [0.25, 0.3) is 0 Å². The van der Waals surface area contributed by atoms with Gasteiger partial charge in [-0.1, -0.05) is 5.92 Å². The van der Waals surface area contributed by atoms with Crippen LogP contribution in [0.1, 0.15) is 6.92 Å². The second-order valence-electron chi connectivity index (χ2n) is 4.27. The molecule has 0 aromatic heterocycles. The minimum absolute atomic E-state index is 1.69. The number of hydrogen-bond acceptors (Lipinski definition) is 0. The van der Waals surface area contributed by atoms with Crippen molar-refractivity contribution in [2.45, 2.75) is 6.92 Å². The Bertz CT molecular complexity index is 1930. The second-order valence-corrected chi connectivity index (χ2v) is 4.27. The summed E-state index contributed by atoms with van der Waals surface area (Å²) in [6, 6.07) is 0. The molecule has 0 spiro atoms. The maximum Gasteiger partial charge on any atom is 0 e. The standard InChI is InChI=1S/C35H4/c1-3-5-7-9-11-13-15-17-19-21-23-25-27-29-31-33-35-34-32-30-28-26-24-22-20-18-16-14-12-10-8-6-4-2/h1H,2H3. The van der Waals surface area contributed by atoms with Gasteiger partial charge >= 0.3 is 0 Å². The Morgan fingerprint density at radius 1 is 0.229 bits per heavy atom. The van der Waals surface area contributed by atoms with Crippen molar-refractivity contribution < 1.29 is 0 Å². The van der Waals surface area contributed by atoms with Crippen LogP contribution in [0.15, 0.2) is 0 Å². The molecule has 0 heteroatoms. The Morgan fingerprint density at radius 2 is 0.371 bits per heavy atom. The van der Waals surface area contributed by atoms with Gasteiger partial charge in [-0.15, -0.1) is 6.42 Å². The largest absolute Gasteiger partial charge is 0.106 e. The lowest BCUT2D eigenvalue weighted by Crippen LogP contribution is -1.57. The summed E-state index contributed by atoms with van der Waals surface area (Å²) in [4.78, 5) is 0. The predicted molar refractivity (Wildman–Crippen MR) is 139 cm³/mol. The molecule has 0 fully saturated rings. The molecule has 0 unspecified atom stereocenters. The second kappa shape index (κ2) is 26.5. The molecule has 0 nitrogen and oxygen atoms in total. The predicted octanol–water partition coefficient (Wildman–Crippen LogP) is 0.694. The summed E-state index contributed by atoms with van der Waals surface area (Å²) in [6.45, 7) is 1.69. The summed E-state index contributed by atoms with van der Waals surface area (Å²) in [6.07, 6.45) is 4.93. The molecule has 0 aliphatic carbocycles. The molecule has 0 rings (SSSR count). The highest BCUT2D eigenvalue weighted by Gasteiger charge is 1.60. The lowest BCUT2D eigenvalue weighted by Gasteiger charge is -1.57. The monoisotopic (exact) mass is 424 g/mol. The van der Waals surface area contributed by atoms with Crippen LogP contribution in [0, 0.1) is 202 Å². The van der Waals surface area contributed by atoms with Gasteiger partial charge in [0.2, 0.25) is 0 Å². The minimum atomic E-state index is 1.69. The molecule has 0 aliphatic heterocycles. The summed E-state index contributed by atoms with van der Waals surface area (Å²) in [5.41, 5.74) is 0. The Balaban J connectivity index is 4.49. The molecule has 0 N–H and O–H groups in total. The third kappa shape index (κ3) is 26.5. The van der Waals surface area contributed by atoms with E-state index in [4.69, 9.17) is 6.42 Å². The van der Waals surface area contributed by atoms with Gasteiger partial charge in [0.1, 0.15) is 0 Å². The normalized spacial score (nSPS) is 3.89. The van der Waals surface area contributed by atoms with Crippen LogP contribution < -0.4 is 0 Å². The van der Waals surface area contributed by atoms with Gasteiger partial charge in [0, 0.05) is 94.7 Å². The van der Waals surface area contributed by atoms with Crippen LogP contribution in [-0.4, -0.2) is 0 Å². The third-order valence-electron chi connectivity index (χ3n) is 2.07. The van der Waals surface area contributed by atoms with Crippen molar-refractivity contribution in [3.8, 4) is 202 Å². The highest BCUT2D eigenvalue weighted by Crippen LogP contribution is 1.60. The fourth-order valence-electron chi connectivity index (χ4n) is 1.00. The van der Waals surface area contributed by atoms with E-state index in [2.05, 4.69) is 195 Å². The van der Waals surface area contributed by atoms with E-state index in [1.807, 2.05) is 0 Å². The van der Waals surface area contributed by atoms with Gasteiger partial charge in [-0.2, -0.15) is 0 Å². The summed E-state index contributed by atoms with van der Waals surface area (Å²) < 4.78 is 0. The van der Waals surface area contributed by atoms with E-state index in [1.54, 1.807) is 6.92 Å². The molecular weight excluding hydrogens is 420 g/mol. The number of hydrogen-bond donors (Lipinski definition) is 0. The zero-order valence-electron chi connectivity index (χ0n) is 18.1. The van der Waals surface area contributed by atoms with E-state index in [9.17, 15) is 0 Å². The molecule has 0 saturated carbocycles. The number of rotatable bonds is 0. The first-order chi connectivity index (χ1) is 17.4. The summed E-state index contributed by atoms with van der Waals surface area (Å²) in [5, 5.41) is 0. The molecule has 0 bridgehead atoms. The smallest absolute Gasteiger partial charge is 0 e. The van der Waals surface area contributed by atoms with Crippen molar-refractivity contribution in [3.05, 3.63) is 0 Å². The minimum Gasteiger partial charge on any atom is -0.106 e. The lowest BCUT2D eigenvalue weighted by atomic mass is 10.4. The van der Waals surface area contributed by atoms with E-state index in [1.165, 1.54) is 0 Å². The molecule has 0 aromatic rings.